The van der Waals surface area contributed by atoms with Gasteiger partial charge in [-0.25, -0.2) is 0 Å². The quantitative estimate of drug-likeness (QED) is 0.127. The van der Waals surface area contributed by atoms with Crippen molar-refractivity contribution in [2.75, 3.05) is 0 Å². The molecule has 6 nitrogen and oxygen atoms in total. The third-order valence-electron chi connectivity index (χ3n) is 5.69. The van der Waals surface area contributed by atoms with Crippen molar-refractivity contribution in [1.29, 1.82) is 0 Å². The number of hydrogen-bond acceptors (Lipinski definition) is 5. The van der Waals surface area contributed by atoms with Crippen molar-refractivity contribution >= 4 is 27.6 Å². The van der Waals surface area contributed by atoms with Gasteiger partial charge in [-0.1, -0.05) is 42.5 Å². The van der Waals surface area contributed by atoms with E-state index in [1.807, 2.05) is 42.5 Å². The molecule has 1 radical (unpaired) electrons. The number of allylic oxidation sites excluding steroid dienone is 2. The maximum absolute atomic E-state index is 10.0. The van der Waals surface area contributed by atoms with Gasteiger partial charge in [0.25, 0.3) is 0 Å². The number of aromatic nitrogens is 2. The zero-order chi connectivity index (χ0) is 25.7. The monoisotopic (exact) mass is 672 g/mol. The summed E-state index contributed by atoms with van der Waals surface area (Å²) in [5.74, 6) is -0.0625. The van der Waals surface area contributed by atoms with E-state index < -0.39 is 0 Å². The molecular weight excluding hydrogens is 645 g/mol. The van der Waals surface area contributed by atoms with Gasteiger partial charge in [0.05, 0.1) is 12.4 Å². The Morgan fingerprint density at radius 1 is 0.946 bits per heavy atom. The predicted molar refractivity (Wildman–Crippen MR) is 142 cm³/mol. The molecule has 5 aromatic rings. The van der Waals surface area contributed by atoms with Crippen molar-refractivity contribution < 1.29 is 40.2 Å². The summed E-state index contributed by atoms with van der Waals surface area (Å²) in [7, 11) is 0. The van der Waals surface area contributed by atoms with E-state index in [1.165, 1.54) is 30.7 Å². The second-order valence-corrected chi connectivity index (χ2v) is 8.39. The summed E-state index contributed by atoms with van der Waals surface area (Å²) < 4.78 is 2.20. The molecule has 0 unspecified atom stereocenters. The third-order valence-corrected chi connectivity index (χ3v) is 5.69. The minimum Gasteiger partial charge on any atom is -0.512 e. The molecule has 0 aliphatic rings. The number of aliphatic hydroxyl groups excluding tert-OH is 3. The van der Waals surface area contributed by atoms with Gasteiger partial charge in [-0.3, -0.25) is 4.79 Å². The molecule has 3 aromatic carbocycles. The molecule has 0 saturated carbocycles. The van der Waals surface area contributed by atoms with Gasteiger partial charge in [0.15, 0.2) is 5.78 Å². The zero-order valence-electron chi connectivity index (χ0n) is 20.5. The van der Waals surface area contributed by atoms with Crippen LogP contribution >= 0.6 is 0 Å². The Morgan fingerprint density at radius 2 is 1.57 bits per heavy atom. The van der Waals surface area contributed by atoms with Crippen molar-refractivity contribution in [3.63, 3.8) is 0 Å². The van der Waals surface area contributed by atoms with Crippen LogP contribution in [0.5, 0.6) is 0 Å². The second kappa shape index (κ2) is 12.6. The molecule has 37 heavy (non-hydrogen) atoms. The smallest absolute Gasteiger partial charge is 0.155 e. The number of nitrogens with zero attached hydrogens (tertiary/aromatic N) is 2. The van der Waals surface area contributed by atoms with E-state index in [0.29, 0.717) is 5.69 Å². The van der Waals surface area contributed by atoms with Crippen LogP contribution in [0.25, 0.3) is 38.8 Å². The van der Waals surface area contributed by atoms with Crippen LogP contribution in [0.3, 0.4) is 0 Å². The van der Waals surface area contributed by atoms with Crippen molar-refractivity contribution in [2.45, 2.75) is 27.1 Å². The molecule has 2 heterocycles. The standard InChI is InChI=1S/C25H19N2O2.C5H8O2.Ir/c28-15-17-11-12-26-23(13-17)20-10-9-19(14-18(20)16-29)27-24-7-3-1-5-21(24)22-6-2-4-8-25(22)27;1-4(6)3-5(2)7;/h1-9,11-14,28-29H,15-16H2;3,6H,1-2H3;/q-1;;/b;4-3-;. The number of pyridine rings is 1. The maximum Gasteiger partial charge on any atom is 0.155 e. The summed E-state index contributed by atoms with van der Waals surface area (Å²) in [5.41, 5.74) is 6.11. The van der Waals surface area contributed by atoms with Crippen molar-refractivity contribution in [2.24, 2.45) is 0 Å². The average molecular weight is 672 g/mol. The molecule has 0 fully saturated rings. The van der Waals surface area contributed by atoms with E-state index in [1.54, 1.807) is 12.3 Å². The molecular formula is C30H27IrN2O4-. The Labute approximate surface area is 228 Å². The summed E-state index contributed by atoms with van der Waals surface area (Å²) in [6.45, 7) is 2.67. The van der Waals surface area contributed by atoms with Gasteiger partial charge in [-0.15, -0.1) is 29.3 Å². The van der Waals surface area contributed by atoms with E-state index in [9.17, 15) is 15.0 Å². The van der Waals surface area contributed by atoms with Gasteiger partial charge in [0, 0.05) is 60.8 Å². The van der Waals surface area contributed by atoms with E-state index in [-0.39, 0.29) is 44.9 Å². The van der Waals surface area contributed by atoms with Crippen LogP contribution in [0, 0.1) is 6.07 Å². The second-order valence-electron chi connectivity index (χ2n) is 8.39. The number of ketones is 1. The average Bonchev–Trinajstić information content (AvgIpc) is 3.22. The number of hydrogen-bond donors (Lipinski definition) is 3. The normalized spacial score (nSPS) is 11.1. The zero-order valence-corrected chi connectivity index (χ0v) is 22.9. The molecule has 0 spiro atoms. The molecule has 3 N–H and O–H groups in total. The summed E-state index contributed by atoms with van der Waals surface area (Å²) in [4.78, 5) is 14.4. The van der Waals surface area contributed by atoms with Gasteiger partial charge < -0.3 is 24.9 Å². The molecule has 0 aliphatic carbocycles. The number of benzene rings is 3. The van der Waals surface area contributed by atoms with Crippen molar-refractivity contribution in [3.8, 4) is 16.9 Å². The van der Waals surface area contributed by atoms with Gasteiger partial charge in [0.2, 0.25) is 0 Å². The van der Waals surface area contributed by atoms with E-state index in [0.717, 1.165) is 33.4 Å². The topological polar surface area (TPSA) is 95.6 Å². The van der Waals surface area contributed by atoms with Crippen LogP contribution in [-0.2, 0) is 38.1 Å². The first-order valence-electron chi connectivity index (χ1n) is 11.5. The largest absolute Gasteiger partial charge is 0.512 e. The van der Waals surface area contributed by atoms with Gasteiger partial charge in [-0.05, 0) is 49.0 Å². The van der Waals surface area contributed by atoms with Crippen LogP contribution in [-0.4, -0.2) is 30.7 Å². The Balaban J connectivity index is 0.000000422. The van der Waals surface area contributed by atoms with E-state index in [2.05, 4.69) is 39.9 Å². The summed E-state index contributed by atoms with van der Waals surface area (Å²) >= 11 is 0. The van der Waals surface area contributed by atoms with Gasteiger partial charge in [-0.2, -0.15) is 0 Å². The molecule has 0 bridgehead atoms. The first-order chi connectivity index (χ1) is 17.4. The first-order valence-corrected chi connectivity index (χ1v) is 11.5. The predicted octanol–water partition coefficient (Wildman–Crippen LogP) is 5.67. The van der Waals surface area contributed by atoms with Gasteiger partial charge >= 0.3 is 0 Å². The maximum atomic E-state index is 10.0. The number of carbonyl (C=O) groups is 1. The van der Waals surface area contributed by atoms with E-state index >= 15 is 0 Å². The summed E-state index contributed by atoms with van der Waals surface area (Å²) in [6, 6.07) is 27.5. The fourth-order valence-electron chi connectivity index (χ4n) is 4.23. The number of para-hydroxylation sites is 2. The van der Waals surface area contributed by atoms with Crippen LogP contribution < -0.4 is 0 Å². The van der Waals surface area contributed by atoms with Crippen LogP contribution in [0.15, 0.2) is 90.8 Å². The fourth-order valence-corrected chi connectivity index (χ4v) is 4.23. The number of fused-ring (bicyclic) bond motifs is 3. The number of carbonyl (C=O) groups excluding carboxylic acids is 1. The van der Waals surface area contributed by atoms with Gasteiger partial charge in [0.1, 0.15) is 0 Å². The third kappa shape index (κ3) is 6.21. The van der Waals surface area contributed by atoms with Crippen molar-refractivity contribution in [1.82, 2.24) is 9.55 Å². The van der Waals surface area contributed by atoms with E-state index in [4.69, 9.17) is 5.11 Å². The molecule has 0 amide bonds. The minimum atomic E-state index is -0.125. The molecule has 7 heteroatoms. The van der Waals surface area contributed by atoms with Crippen LogP contribution in [0.2, 0.25) is 0 Å². The Morgan fingerprint density at radius 3 is 2.08 bits per heavy atom. The minimum absolute atomic E-state index is 0. The van der Waals surface area contributed by atoms with Crippen LogP contribution in [0.4, 0.5) is 0 Å². The first kappa shape index (κ1) is 28.0. The summed E-state index contributed by atoms with van der Waals surface area (Å²) in [5, 5.41) is 30.2. The molecule has 5 rings (SSSR count). The molecule has 0 aliphatic heterocycles. The Bertz CT molecular complexity index is 1520. The number of aliphatic hydroxyl groups is 3. The molecule has 191 valence electrons. The Hall–Kier alpha value is -3.61. The SMILES string of the molecule is CC(=O)/C=C(/C)O.OCc1ccnc(-c2[c-]cc(-n3c4ccccc4c4ccccc43)cc2CO)c1.[Ir]. The van der Waals surface area contributed by atoms with Crippen LogP contribution in [0.1, 0.15) is 25.0 Å². The summed E-state index contributed by atoms with van der Waals surface area (Å²) in [6.07, 6.45) is 2.83. The fraction of sp³-hybridized carbons (Fsp3) is 0.133. The molecule has 2 aromatic heterocycles. The van der Waals surface area contributed by atoms with Crippen molar-refractivity contribution in [3.05, 3.63) is 108 Å². The molecule has 0 saturated heterocycles. The Kier molecular flexibility index (Phi) is 9.50. The molecule has 0 atom stereocenters. The number of rotatable bonds is 5.